The normalized spacial score (nSPS) is 14.4. The van der Waals surface area contributed by atoms with E-state index in [1.807, 2.05) is 4.90 Å². The average Bonchev–Trinajstić information content (AvgIpc) is 3.17. The Kier molecular flexibility index (Phi) is 4.77. The molecule has 1 saturated heterocycles. The quantitative estimate of drug-likeness (QED) is 0.694. The van der Waals surface area contributed by atoms with E-state index in [9.17, 15) is 18.0 Å². The number of benzene rings is 2. The summed E-state index contributed by atoms with van der Waals surface area (Å²) in [7, 11) is 0. The number of para-hydroxylation sites is 1. The number of carbonyl (C=O) groups is 1. The van der Waals surface area contributed by atoms with Crippen molar-refractivity contribution < 1.29 is 18.0 Å². The number of nitrogens with zero attached hydrogens (tertiary/aromatic N) is 4. The zero-order chi connectivity index (χ0) is 19.7. The minimum absolute atomic E-state index is 0.150. The first-order valence-electron chi connectivity index (χ1n) is 8.82. The lowest BCUT2D eigenvalue weighted by atomic mass is 10.1. The van der Waals surface area contributed by atoms with Crippen molar-refractivity contribution in [3.63, 3.8) is 0 Å². The molecule has 1 amide bonds. The van der Waals surface area contributed by atoms with Crippen LogP contribution >= 0.6 is 0 Å². The number of amides is 1. The van der Waals surface area contributed by atoms with Gasteiger partial charge in [0.2, 0.25) is 5.95 Å². The Morgan fingerprint density at radius 3 is 2.39 bits per heavy atom. The summed E-state index contributed by atoms with van der Waals surface area (Å²) in [6.45, 7) is 1.61. The smallest absolute Gasteiger partial charge is 0.256 e. The van der Waals surface area contributed by atoms with E-state index in [2.05, 4.69) is 4.98 Å². The van der Waals surface area contributed by atoms with Crippen molar-refractivity contribution in [1.29, 1.82) is 0 Å². The molecule has 3 aromatic rings. The van der Waals surface area contributed by atoms with Crippen molar-refractivity contribution in [2.75, 3.05) is 31.1 Å². The Hall–Kier alpha value is -3.29. The highest BCUT2D eigenvalue weighted by molar-refractivity contribution is 5.94. The molecular formula is C20H17F3N4O. The van der Waals surface area contributed by atoms with Crippen molar-refractivity contribution in [3.8, 4) is 5.69 Å². The molecule has 0 spiro atoms. The van der Waals surface area contributed by atoms with Crippen LogP contribution in [0.2, 0.25) is 0 Å². The third-order valence-corrected chi connectivity index (χ3v) is 4.74. The molecule has 1 aliphatic heterocycles. The molecule has 8 heteroatoms. The molecule has 0 aliphatic carbocycles. The van der Waals surface area contributed by atoms with Crippen molar-refractivity contribution in [1.82, 2.24) is 14.5 Å². The topological polar surface area (TPSA) is 41.4 Å². The van der Waals surface area contributed by atoms with E-state index in [1.54, 1.807) is 35.2 Å². The molecule has 4 rings (SSSR count). The Balaban J connectivity index is 1.49. The van der Waals surface area contributed by atoms with Crippen LogP contribution in [0.15, 0.2) is 54.9 Å². The molecule has 0 unspecified atom stereocenters. The van der Waals surface area contributed by atoms with Gasteiger partial charge in [0.1, 0.15) is 17.5 Å². The summed E-state index contributed by atoms with van der Waals surface area (Å²) in [4.78, 5) is 20.3. The van der Waals surface area contributed by atoms with Crippen molar-refractivity contribution >= 4 is 11.9 Å². The molecule has 1 aromatic heterocycles. The van der Waals surface area contributed by atoms with Gasteiger partial charge in [-0.1, -0.05) is 12.1 Å². The minimum Gasteiger partial charge on any atom is -0.338 e. The molecule has 0 bridgehead atoms. The molecule has 5 nitrogen and oxygen atoms in total. The fourth-order valence-electron chi connectivity index (χ4n) is 3.31. The maximum Gasteiger partial charge on any atom is 0.256 e. The van der Waals surface area contributed by atoms with Gasteiger partial charge in [-0.2, -0.15) is 0 Å². The molecule has 28 heavy (non-hydrogen) atoms. The van der Waals surface area contributed by atoms with Crippen molar-refractivity contribution in [3.05, 3.63) is 77.9 Å². The summed E-state index contributed by atoms with van der Waals surface area (Å²) >= 11 is 0. The summed E-state index contributed by atoms with van der Waals surface area (Å²) in [6.07, 6.45) is 3.27. The minimum atomic E-state index is -0.873. The van der Waals surface area contributed by atoms with Crippen LogP contribution in [0.1, 0.15) is 10.4 Å². The second-order valence-electron chi connectivity index (χ2n) is 6.45. The average molecular weight is 386 g/mol. The highest BCUT2D eigenvalue weighted by Crippen LogP contribution is 2.22. The van der Waals surface area contributed by atoms with E-state index in [4.69, 9.17) is 0 Å². The molecule has 2 aromatic carbocycles. The molecule has 2 heterocycles. The summed E-state index contributed by atoms with van der Waals surface area (Å²) in [5.74, 6) is -1.86. The van der Waals surface area contributed by atoms with E-state index in [-0.39, 0.29) is 11.4 Å². The monoisotopic (exact) mass is 386 g/mol. The Labute approximate surface area is 159 Å². The maximum absolute atomic E-state index is 14.1. The van der Waals surface area contributed by atoms with Gasteiger partial charge >= 0.3 is 0 Å². The number of piperazine rings is 1. The van der Waals surface area contributed by atoms with Gasteiger partial charge in [-0.15, -0.1) is 0 Å². The predicted octanol–water partition coefficient (Wildman–Crippen LogP) is 3.25. The number of hydrogen-bond donors (Lipinski definition) is 0. The third kappa shape index (κ3) is 3.33. The molecule has 0 atom stereocenters. The summed E-state index contributed by atoms with van der Waals surface area (Å²) in [6, 6.07) is 9.34. The summed E-state index contributed by atoms with van der Waals surface area (Å²) in [5, 5.41) is 0. The van der Waals surface area contributed by atoms with Crippen LogP contribution in [0.25, 0.3) is 5.69 Å². The molecular weight excluding hydrogens is 369 g/mol. The van der Waals surface area contributed by atoms with Gasteiger partial charge in [-0.25, -0.2) is 18.2 Å². The zero-order valence-electron chi connectivity index (χ0n) is 14.9. The molecule has 1 aliphatic rings. The van der Waals surface area contributed by atoms with Gasteiger partial charge in [0, 0.05) is 44.6 Å². The molecule has 0 N–H and O–H groups in total. The largest absolute Gasteiger partial charge is 0.338 e. The number of imidazole rings is 1. The van der Waals surface area contributed by atoms with Crippen LogP contribution in [0.4, 0.5) is 19.1 Å². The highest BCUT2D eigenvalue weighted by Gasteiger charge is 2.26. The standard InChI is InChI=1S/C20H17F3N4O/c21-14-5-6-15(17(23)13-14)19(28)25-9-11-26(12-10-25)20-24-7-8-27(20)18-4-2-1-3-16(18)22/h1-8,13H,9-12H2. The van der Waals surface area contributed by atoms with Gasteiger partial charge in [-0.3, -0.25) is 9.36 Å². The Morgan fingerprint density at radius 1 is 0.929 bits per heavy atom. The fourth-order valence-corrected chi connectivity index (χ4v) is 3.31. The maximum atomic E-state index is 14.1. The van der Waals surface area contributed by atoms with Gasteiger partial charge in [0.05, 0.1) is 11.3 Å². The molecule has 0 radical (unpaired) electrons. The first kappa shape index (κ1) is 18.1. The van der Waals surface area contributed by atoms with E-state index >= 15 is 0 Å². The van der Waals surface area contributed by atoms with E-state index in [0.717, 1.165) is 12.1 Å². The van der Waals surface area contributed by atoms with Gasteiger partial charge in [-0.05, 0) is 24.3 Å². The van der Waals surface area contributed by atoms with Crippen LogP contribution in [0.3, 0.4) is 0 Å². The second-order valence-corrected chi connectivity index (χ2v) is 6.45. The van der Waals surface area contributed by atoms with E-state index in [1.165, 1.54) is 11.0 Å². The molecule has 1 fully saturated rings. The number of aromatic nitrogens is 2. The lowest BCUT2D eigenvalue weighted by Crippen LogP contribution is -2.49. The van der Waals surface area contributed by atoms with Crippen LogP contribution in [0.5, 0.6) is 0 Å². The SMILES string of the molecule is O=C(c1ccc(F)cc1F)N1CCN(c2nccn2-c2ccccc2F)CC1. The number of hydrogen-bond acceptors (Lipinski definition) is 3. The highest BCUT2D eigenvalue weighted by atomic mass is 19.1. The van der Waals surface area contributed by atoms with Crippen molar-refractivity contribution in [2.24, 2.45) is 0 Å². The first-order chi connectivity index (χ1) is 13.5. The van der Waals surface area contributed by atoms with Gasteiger partial charge in [0.25, 0.3) is 5.91 Å². The van der Waals surface area contributed by atoms with Gasteiger partial charge < -0.3 is 9.80 Å². The van der Waals surface area contributed by atoms with Crippen LogP contribution < -0.4 is 4.90 Å². The number of halogens is 3. The fraction of sp³-hybridized carbons (Fsp3) is 0.200. The number of carbonyl (C=O) groups excluding carboxylic acids is 1. The number of anilines is 1. The zero-order valence-corrected chi connectivity index (χ0v) is 14.9. The number of rotatable bonds is 3. The lowest BCUT2D eigenvalue weighted by molar-refractivity contribution is 0.0741. The predicted molar refractivity (Wildman–Crippen MR) is 98.0 cm³/mol. The third-order valence-electron chi connectivity index (χ3n) is 4.74. The molecule has 144 valence electrons. The van der Waals surface area contributed by atoms with E-state index < -0.39 is 17.5 Å². The van der Waals surface area contributed by atoms with Crippen LogP contribution in [0, 0.1) is 17.5 Å². The van der Waals surface area contributed by atoms with E-state index in [0.29, 0.717) is 43.9 Å². The summed E-state index contributed by atoms with van der Waals surface area (Å²) in [5.41, 5.74) is 0.240. The van der Waals surface area contributed by atoms with Crippen molar-refractivity contribution in [2.45, 2.75) is 0 Å². The lowest BCUT2D eigenvalue weighted by Gasteiger charge is -2.35. The Bertz CT molecular complexity index is 1010. The van der Waals surface area contributed by atoms with Crippen LogP contribution in [-0.4, -0.2) is 46.5 Å². The second kappa shape index (κ2) is 7.38. The Morgan fingerprint density at radius 2 is 1.68 bits per heavy atom. The van der Waals surface area contributed by atoms with Crippen LogP contribution in [-0.2, 0) is 0 Å². The summed E-state index contributed by atoms with van der Waals surface area (Å²) < 4.78 is 42.7. The van der Waals surface area contributed by atoms with Gasteiger partial charge in [0.15, 0.2) is 0 Å². The molecule has 0 saturated carbocycles. The first-order valence-corrected chi connectivity index (χ1v) is 8.82.